The van der Waals surface area contributed by atoms with Crippen LogP contribution >= 0.6 is 11.5 Å². The van der Waals surface area contributed by atoms with Crippen LogP contribution in [-0.2, 0) is 0 Å². The average Bonchev–Trinajstić information content (AvgIpc) is 2.48. The molecule has 3 nitrogen and oxygen atoms in total. The van der Waals surface area contributed by atoms with E-state index in [1.807, 2.05) is 18.2 Å². The highest BCUT2D eigenvalue weighted by molar-refractivity contribution is 7.11. The van der Waals surface area contributed by atoms with E-state index in [0.29, 0.717) is 5.00 Å². The Kier molecular flexibility index (Phi) is 1.62. The largest absolute Gasteiger partial charge is 0.496 e. The van der Waals surface area contributed by atoms with E-state index in [1.54, 1.807) is 7.11 Å². The van der Waals surface area contributed by atoms with Gasteiger partial charge in [-0.05, 0) is 23.7 Å². The van der Waals surface area contributed by atoms with Crippen molar-refractivity contribution < 1.29 is 4.74 Å². The van der Waals surface area contributed by atoms with Gasteiger partial charge in [0.05, 0.1) is 18.0 Å². The number of ether oxygens (including phenoxy) is 1. The van der Waals surface area contributed by atoms with E-state index in [1.165, 1.54) is 11.5 Å². The van der Waals surface area contributed by atoms with Crippen molar-refractivity contribution >= 4 is 27.4 Å². The van der Waals surface area contributed by atoms with Crippen LogP contribution in [0.4, 0.5) is 5.00 Å². The number of anilines is 1. The van der Waals surface area contributed by atoms with Gasteiger partial charge in [0.1, 0.15) is 10.8 Å². The molecule has 0 spiro atoms. The number of benzene rings is 1. The molecule has 2 N–H and O–H groups in total. The Morgan fingerprint density at radius 2 is 2.33 bits per heavy atom. The maximum absolute atomic E-state index is 5.73. The molecule has 1 aromatic heterocycles. The van der Waals surface area contributed by atoms with Gasteiger partial charge < -0.3 is 10.5 Å². The van der Waals surface area contributed by atoms with E-state index < -0.39 is 0 Å². The van der Waals surface area contributed by atoms with Crippen LogP contribution in [0.25, 0.3) is 10.9 Å². The van der Waals surface area contributed by atoms with Gasteiger partial charge >= 0.3 is 0 Å². The number of nitrogens with two attached hydrogens (primary N) is 1. The van der Waals surface area contributed by atoms with Crippen molar-refractivity contribution in [3.63, 3.8) is 0 Å². The lowest BCUT2D eigenvalue weighted by atomic mass is 10.2. The molecule has 2 aromatic rings. The second kappa shape index (κ2) is 2.64. The van der Waals surface area contributed by atoms with Crippen LogP contribution in [0.1, 0.15) is 0 Å². The molecule has 0 amide bonds. The minimum atomic E-state index is 0.711. The Balaban J connectivity index is 2.84. The second-order valence-corrected chi connectivity index (χ2v) is 3.21. The monoisotopic (exact) mass is 180 g/mol. The molecule has 0 saturated carbocycles. The van der Waals surface area contributed by atoms with Crippen molar-refractivity contribution in [3.8, 4) is 5.75 Å². The van der Waals surface area contributed by atoms with Gasteiger partial charge in [0.15, 0.2) is 0 Å². The van der Waals surface area contributed by atoms with Crippen LogP contribution in [0.2, 0.25) is 0 Å². The zero-order valence-corrected chi connectivity index (χ0v) is 7.39. The number of fused-ring (bicyclic) bond motifs is 1. The van der Waals surface area contributed by atoms with Crippen molar-refractivity contribution in [2.75, 3.05) is 12.8 Å². The number of hydrogen-bond donors (Lipinski definition) is 1. The maximum atomic E-state index is 5.73. The lowest BCUT2D eigenvalue weighted by Gasteiger charge is -1.99. The van der Waals surface area contributed by atoms with Gasteiger partial charge in [-0.3, -0.25) is 0 Å². The molecule has 12 heavy (non-hydrogen) atoms. The van der Waals surface area contributed by atoms with Gasteiger partial charge in [-0.1, -0.05) is 6.07 Å². The average molecular weight is 180 g/mol. The molecule has 0 radical (unpaired) electrons. The fourth-order valence-electron chi connectivity index (χ4n) is 1.16. The molecule has 0 aliphatic rings. The molecule has 0 bridgehead atoms. The molecule has 1 aromatic carbocycles. The van der Waals surface area contributed by atoms with Crippen LogP contribution < -0.4 is 10.5 Å². The van der Waals surface area contributed by atoms with Gasteiger partial charge in [0, 0.05) is 0 Å². The lowest BCUT2D eigenvalue weighted by molar-refractivity contribution is 0.420. The van der Waals surface area contributed by atoms with Gasteiger partial charge in [-0.25, -0.2) is 0 Å². The predicted molar refractivity (Wildman–Crippen MR) is 50.6 cm³/mol. The number of hydrogen-bond acceptors (Lipinski definition) is 4. The topological polar surface area (TPSA) is 48.1 Å². The molecule has 0 atom stereocenters. The molecule has 0 aliphatic carbocycles. The Labute approximate surface area is 73.9 Å². The van der Waals surface area contributed by atoms with E-state index in [0.717, 1.165) is 16.7 Å². The molecule has 0 saturated heterocycles. The first-order valence-electron chi connectivity index (χ1n) is 3.51. The van der Waals surface area contributed by atoms with Crippen LogP contribution in [0.3, 0.4) is 0 Å². The fraction of sp³-hybridized carbons (Fsp3) is 0.125. The first kappa shape index (κ1) is 7.36. The zero-order valence-electron chi connectivity index (χ0n) is 6.57. The summed E-state index contributed by atoms with van der Waals surface area (Å²) in [5.74, 6) is 0.791. The minimum Gasteiger partial charge on any atom is -0.496 e. The Morgan fingerprint density at radius 1 is 1.50 bits per heavy atom. The van der Waals surface area contributed by atoms with Crippen molar-refractivity contribution in [1.82, 2.24) is 4.37 Å². The summed E-state index contributed by atoms with van der Waals surface area (Å²) in [4.78, 5) is 0. The molecule has 2 rings (SSSR count). The van der Waals surface area contributed by atoms with E-state index in [4.69, 9.17) is 10.5 Å². The molecular weight excluding hydrogens is 172 g/mol. The van der Waals surface area contributed by atoms with Crippen molar-refractivity contribution in [2.45, 2.75) is 0 Å². The van der Waals surface area contributed by atoms with Crippen molar-refractivity contribution in [1.29, 1.82) is 0 Å². The number of nitrogens with zero attached hydrogens (tertiary/aromatic N) is 1. The molecule has 4 heteroatoms. The maximum Gasteiger partial charge on any atom is 0.131 e. The Bertz CT molecular complexity index is 410. The number of rotatable bonds is 1. The van der Waals surface area contributed by atoms with Crippen LogP contribution in [-0.4, -0.2) is 11.5 Å². The van der Waals surface area contributed by atoms with Gasteiger partial charge in [0.25, 0.3) is 0 Å². The summed E-state index contributed by atoms with van der Waals surface area (Å²) in [7, 11) is 1.63. The smallest absolute Gasteiger partial charge is 0.131 e. The third-order valence-corrected chi connectivity index (χ3v) is 2.40. The fourth-order valence-corrected chi connectivity index (χ4v) is 1.80. The first-order chi connectivity index (χ1) is 5.83. The molecule has 0 fully saturated rings. The summed E-state index contributed by atoms with van der Waals surface area (Å²) >= 11 is 1.29. The number of aromatic nitrogens is 1. The van der Waals surface area contributed by atoms with Crippen LogP contribution in [0.5, 0.6) is 5.75 Å². The highest BCUT2D eigenvalue weighted by Crippen LogP contribution is 2.32. The SMILES string of the molecule is COc1cccc2nsc(N)c12. The number of nitrogen functional groups attached to an aromatic ring is 1. The quantitative estimate of drug-likeness (QED) is 0.729. The molecule has 0 unspecified atom stereocenters. The number of methoxy groups -OCH3 is 1. The Hall–Kier alpha value is -1.29. The van der Waals surface area contributed by atoms with Gasteiger partial charge in [-0.15, -0.1) is 0 Å². The summed E-state index contributed by atoms with van der Waals surface area (Å²) in [6.07, 6.45) is 0. The van der Waals surface area contributed by atoms with Gasteiger partial charge in [0.2, 0.25) is 0 Å². The summed E-state index contributed by atoms with van der Waals surface area (Å²) in [6, 6.07) is 5.71. The zero-order chi connectivity index (χ0) is 8.55. The molecule has 62 valence electrons. The summed E-state index contributed by atoms with van der Waals surface area (Å²) in [5.41, 5.74) is 6.63. The van der Waals surface area contributed by atoms with Crippen molar-refractivity contribution in [2.24, 2.45) is 0 Å². The lowest BCUT2D eigenvalue weighted by Crippen LogP contribution is -1.85. The summed E-state index contributed by atoms with van der Waals surface area (Å²) in [5, 5.41) is 1.63. The third kappa shape index (κ3) is 0.921. The molecule has 1 heterocycles. The normalized spacial score (nSPS) is 10.4. The highest BCUT2D eigenvalue weighted by Gasteiger charge is 2.07. The van der Waals surface area contributed by atoms with E-state index in [2.05, 4.69) is 4.37 Å². The summed E-state index contributed by atoms with van der Waals surface area (Å²) in [6.45, 7) is 0. The predicted octanol–water partition coefficient (Wildman–Crippen LogP) is 1.89. The highest BCUT2D eigenvalue weighted by atomic mass is 32.1. The Morgan fingerprint density at radius 3 is 3.08 bits per heavy atom. The van der Waals surface area contributed by atoms with Crippen LogP contribution in [0, 0.1) is 0 Å². The molecule has 0 aliphatic heterocycles. The van der Waals surface area contributed by atoms with Crippen molar-refractivity contribution in [3.05, 3.63) is 18.2 Å². The van der Waals surface area contributed by atoms with E-state index in [-0.39, 0.29) is 0 Å². The first-order valence-corrected chi connectivity index (χ1v) is 4.28. The second-order valence-electron chi connectivity index (χ2n) is 2.40. The summed E-state index contributed by atoms with van der Waals surface area (Å²) < 4.78 is 9.32. The minimum absolute atomic E-state index is 0.711. The third-order valence-electron chi connectivity index (χ3n) is 1.71. The van der Waals surface area contributed by atoms with E-state index in [9.17, 15) is 0 Å². The molecular formula is C8H8N2OS. The standard InChI is InChI=1S/C8H8N2OS/c1-11-6-4-2-3-5-7(6)8(9)12-10-5/h2-4H,9H2,1H3. The van der Waals surface area contributed by atoms with Gasteiger partial charge in [-0.2, -0.15) is 4.37 Å². The van der Waals surface area contributed by atoms with Crippen LogP contribution in [0.15, 0.2) is 18.2 Å². The van der Waals surface area contributed by atoms with E-state index >= 15 is 0 Å².